The van der Waals surface area contributed by atoms with E-state index in [-0.39, 0.29) is 11.9 Å². The van der Waals surface area contributed by atoms with Gasteiger partial charge in [-0.1, -0.05) is 11.6 Å². The minimum atomic E-state index is -0.207. The second-order valence-corrected chi connectivity index (χ2v) is 5.08. The molecule has 88 valence electrons. The molecule has 0 heterocycles. The monoisotopic (exact) mass is 259 g/mol. The molecule has 1 aliphatic rings. The van der Waals surface area contributed by atoms with Gasteiger partial charge in [0.25, 0.3) is 0 Å². The van der Waals surface area contributed by atoms with Crippen LogP contribution >= 0.6 is 23.4 Å². The van der Waals surface area contributed by atoms with Crippen LogP contribution in [0.2, 0.25) is 0 Å². The van der Waals surface area contributed by atoms with Gasteiger partial charge in [-0.25, -0.2) is 0 Å². The first-order valence-corrected chi connectivity index (χ1v) is 6.24. The zero-order valence-corrected chi connectivity index (χ0v) is 10.8. The van der Waals surface area contributed by atoms with Crippen molar-refractivity contribution in [3.05, 3.63) is 28.4 Å². The molecule has 6 heteroatoms. The highest BCUT2D eigenvalue weighted by Gasteiger charge is 2.30. The van der Waals surface area contributed by atoms with E-state index in [1.807, 2.05) is 25.1 Å². The van der Waals surface area contributed by atoms with Crippen molar-refractivity contribution in [3.8, 4) is 0 Å². The Hall–Kier alpha value is -0.740. The molecule has 0 amide bonds. The Labute approximate surface area is 104 Å². The van der Waals surface area contributed by atoms with Gasteiger partial charge >= 0.3 is 5.71 Å². The van der Waals surface area contributed by atoms with Crippen molar-refractivity contribution in [1.29, 1.82) is 0 Å². The van der Waals surface area contributed by atoms with Gasteiger partial charge in [-0.05, 0) is 6.08 Å². The second kappa shape index (κ2) is 6.11. The van der Waals surface area contributed by atoms with Crippen LogP contribution in [0.1, 0.15) is 0 Å². The molecule has 0 aromatic heterocycles. The zero-order chi connectivity index (χ0) is 12.1. The highest BCUT2D eigenvalue weighted by Crippen LogP contribution is 2.30. The number of aliphatic hydroxyl groups excluding tert-OH is 1. The number of halogens is 1. The Morgan fingerprint density at radius 3 is 2.75 bits per heavy atom. The minimum absolute atomic E-state index is 0.0745. The van der Waals surface area contributed by atoms with Crippen molar-refractivity contribution in [2.24, 2.45) is 0 Å². The molecule has 0 aliphatic heterocycles. The van der Waals surface area contributed by atoms with Crippen molar-refractivity contribution in [1.82, 2.24) is 4.90 Å². The van der Waals surface area contributed by atoms with Gasteiger partial charge in [0.2, 0.25) is 0 Å². The summed E-state index contributed by atoms with van der Waals surface area (Å²) in [5.41, 5.74) is 10.3. The molecule has 1 unspecified atom stereocenters. The van der Waals surface area contributed by atoms with Crippen LogP contribution in [0, 0.1) is 0 Å². The molecule has 0 fully saturated rings. The Balaban J connectivity index is 2.99. The SMILES string of the molecule is CN(C)C1=C(Cl)C(SCCO)C(=[N+]=[N-])C=C1. The van der Waals surface area contributed by atoms with E-state index >= 15 is 0 Å². The van der Waals surface area contributed by atoms with Crippen LogP contribution in [-0.4, -0.2) is 52.2 Å². The molecular formula is C10H14ClN3OS. The van der Waals surface area contributed by atoms with Gasteiger partial charge in [0.05, 0.1) is 17.3 Å². The summed E-state index contributed by atoms with van der Waals surface area (Å²) in [5, 5.41) is 9.22. The molecule has 1 atom stereocenters. The molecule has 16 heavy (non-hydrogen) atoms. The van der Waals surface area contributed by atoms with Gasteiger partial charge < -0.3 is 15.5 Å². The van der Waals surface area contributed by atoms with Crippen molar-refractivity contribution in [2.45, 2.75) is 5.25 Å². The predicted octanol–water partition coefficient (Wildman–Crippen LogP) is 1.33. The van der Waals surface area contributed by atoms with Crippen molar-refractivity contribution in [2.75, 3.05) is 26.5 Å². The molecule has 0 aromatic rings. The molecule has 0 spiro atoms. The first-order valence-electron chi connectivity index (χ1n) is 4.81. The van der Waals surface area contributed by atoms with Crippen LogP contribution in [0.5, 0.6) is 0 Å². The van der Waals surface area contributed by atoms with E-state index in [1.54, 1.807) is 6.08 Å². The van der Waals surface area contributed by atoms with Gasteiger partial charge in [0, 0.05) is 25.9 Å². The number of nitrogens with zero attached hydrogens (tertiary/aromatic N) is 3. The predicted molar refractivity (Wildman–Crippen MR) is 67.7 cm³/mol. The molecule has 1 rings (SSSR count). The van der Waals surface area contributed by atoms with Crippen molar-refractivity contribution in [3.63, 3.8) is 0 Å². The average Bonchev–Trinajstić information content (AvgIpc) is 2.26. The highest BCUT2D eigenvalue weighted by atomic mass is 35.5. The lowest BCUT2D eigenvalue weighted by Crippen LogP contribution is -2.26. The fourth-order valence-corrected chi connectivity index (χ4v) is 2.81. The average molecular weight is 260 g/mol. The van der Waals surface area contributed by atoms with Crippen LogP contribution in [0.3, 0.4) is 0 Å². The lowest BCUT2D eigenvalue weighted by Gasteiger charge is -2.22. The van der Waals surface area contributed by atoms with Crippen molar-refractivity contribution < 1.29 is 9.90 Å². The van der Waals surface area contributed by atoms with E-state index in [0.717, 1.165) is 5.70 Å². The first kappa shape index (κ1) is 13.3. The summed E-state index contributed by atoms with van der Waals surface area (Å²) in [6.07, 6.45) is 3.55. The molecule has 0 saturated heterocycles. The Morgan fingerprint density at radius 2 is 2.25 bits per heavy atom. The second-order valence-electron chi connectivity index (χ2n) is 3.46. The quantitative estimate of drug-likeness (QED) is 0.612. The standard InChI is InChI=1S/C10H14ClN3OS/c1-14(2)8-4-3-7(13-12)10(9(8)11)16-6-5-15/h3-4,10,15H,5-6H2,1-2H3. The fourth-order valence-electron chi connectivity index (χ4n) is 1.37. The van der Waals surface area contributed by atoms with E-state index in [4.69, 9.17) is 22.2 Å². The molecule has 0 aromatic carbocycles. The van der Waals surface area contributed by atoms with Crippen LogP contribution in [0.15, 0.2) is 22.9 Å². The van der Waals surface area contributed by atoms with Gasteiger partial charge in [-0.2, -0.15) is 4.79 Å². The summed E-state index contributed by atoms with van der Waals surface area (Å²) >= 11 is 7.70. The molecular weight excluding hydrogens is 246 g/mol. The summed E-state index contributed by atoms with van der Waals surface area (Å²) in [6, 6.07) is 0. The molecule has 1 aliphatic carbocycles. The molecule has 0 saturated carbocycles. The topological polar surface area (TPSA) is 59.9 Å². The number of rotatable bonds is 4. The third-order valence-electron chi connectivity index (χ3n) is 2.13. The number of hydrogen-bond acceptors (Lipinski definition) is 3. The van der Waals surface area contributed by atoms with Crippen LogP contribution in [0.4, 0.5) is 0 Å². The molecule has 0 bridgehead atoms. The highest BCUT2D eigenvalue weighted by molar-refractivity contribution is 8.00. The zero-order valence-electron chi connectivity index (χ0n) is 9.22. The molecule has 4 nitrogen and oxygen atoms in total. The maximum Gasteiger partial charge on any atom is 0.310 e. The van der Waals surface area contributed by atoms with Gasteiger partial charge in [-0.15, -0.1) is 11.8 Å². The number of allylic oxidation sites excluding steroid dienone is 2. The fraction of sp³-hybridized carbons (Fsp3) is 0.500. The summed E-state index contributed by atoms with van der Waals surface area (Å²) < 4.78 is 0. The number of hydrogen-bond donors (Lipinski definition) is 1. The Bertz CT molecular complexity index is 372. The summed E-state index contributed by atoms with van der Waals surface area (Å²) in [4.78, 5) is 5.12. The van der Waals surface area contributed by atoms with E-state index in [0.29, 0.717) is 16.5 Å². The summed E-state index contributed by atoms with van der Waals surface area (Å²) in [6.45, 7) is 0.0745. The van der Waals surface area contributed by atoms with E-state index in [9.17, 15) is 0 Å². The van der Waals surface area contributed by atoms with Crippen molar-refractivity contribution >= 4 is 29.1 Å². The third kappa shape index (κ3) is 2.89. The normalized spacial score (nSPS) is 20.0. The molecule has 1 N–H and O–H groups in total. The van der Waals surface area contributed by atoms with Crippen LogP contribution in [-0.2, 0) is 0 Å². The number of thioether (sulfide) groups is 1. The van der Waals surface area contributed by atoms with Gasteiger partial charge in [0.15, 0.2) is 0 Å². The van der Waals surface area contributed by atoms with E-state index < -0.39 is 0 Å². The van der Waals surface area contributed by atoms with Crippen LogP contribution < -0.4 is 0 Å². The maximum absolute atomic E-state index is 8.87. The maximum atomic E-state index is 8.87. The summed E-state index contributed by atoms with van der Waals surface area (Å²) in [5.74, 6) is 0.550. The lowest BCUT2D eigenvalue weighted by atomic mass is 10.1. The first-order chi connectivity index (χ1) is 7.61. The van der Waals surface area contributed by atoms with Crippen LogP contribution in [0.25, 0.3) is 5.53 Å². The van der Waals surface area contributed by atoms with Gasteiger partial charge in [-0.3, -0.25) is 0 Å². The number of likely N-dealkylation sites (N-methyl/N-ethyl adjacent to an activating group) is 1. The largest absolute Gasteiger partial charge is 0.396 e. The Kier molecular flexibility index (Phi) is 5.09. The smallest absolute Gasteiger partial charge is 0.310 e. The Morgan fingerprint density at radius 1 is 1.56 bits per heavy atom. The number of aliphatic hydroxyl groups is 1. The third-order valence-corrected chi connectivity index (χ3v) is 3.90. The van der Waals surface area contributed by atoms with Gasteiger partial charge in [0.1, 0.15) is 5.25 Å². The molecule has 0 radical (unpaired) electrons. The van der Waals surface area contributed by atoms with E-state index in [2.05, 4.69) is 4.79 Å². The summed E-state index contributed by atoms with van der Waals surface area (Å²) in [7, 11) is 3.80. The van der Waals surface area contributed by atoms with E-state index in [1.165, 1.54) is 11.8 Å². The minimum Gasteiger partial charge on any atom is -0.396 e. The lowest BCUT2D eigenvalue weighted by molar-refractivity contribution is -0.00509.